The second-order valence-electron chi connectivity index (χ2n) is 5.32. The largest absolute Gasteiger partial charge is 0.481 e. The van der Waals surface area contributed by atoms with Gasteiger partial charge in [0.15, 0.2) is 0 Å². The fraction of sp³-hybridized carbons (Fsp3) is 0.692. The molecule has 5 nitrogen and oxygen atoms in total. The van der Waals surface area contributed by atoms with Crippen molar-refractivity contribution < 1.29 is 9.47 Å². The number of ether oxygens (including phenoxy) is 2. The molecule has 0 aliphatic heterocycles. The first-order chi connectivity index (χ1) is 8.47. The number of nitrogens with one attached hydrogen (secondary N) is 1. The highest BCUT2D eigenvalue weighted by Gasteiger charge is 2.48. The van der Waals surface area contributed by atoms with E-state index in [0.29, 0.717) is 23.9 Å². The Morgan fingerprint density at radius 2 is 2.06 bits per heavy atom. The molecule has 2 rings (SSSR count). The summed E-state index contributed by atoms with van der Waals surface area (Å²) in [6.45, 7) is 6.26. The fourth-order valence-electron chi connectivity index (χ4n) is 2.43. The molecule has 1 aliphatic carbocycles. The van der Waals surface area contributed by atoms with E-state index in [-0.39, 0.29) is 5.41 Å². The van der Waals surface area contributed by atoms with Crippen molar-refractivity contribution >= 4 is 5.82 Å². The van der Waals surface area contributed by atoms with Crippen LogP contribution in [0, 0.1) is 12.3 Å². The van der Waals surface area contributed by atoms with Crippen LogP contribution in [0.25, 0.3) is 0 Å². The zero-order valence-electron chi connectivity index (χ0n) is 11.7. The molecular weight excluding hydrogens is 230 g/mol. The van der Waals surface area contributed by atoms with Gasteiger partial charge in [0.2, 0.25) is 5.88 Å². The Kier molecular flexibility index (Phi) is 3.43. The molecule has 5 heteroatoms. The van der Waals surface area contributed by atoms with Gasteiger partial charge in [-0.3, -0.25) is 0 Å². The van der Waals surface area contributed by atoms with Crippen LogP contribution in [-0.2, 0) is 4.74 Å². The molecule has 0 saturated heterocycles. The molecule has 0 bridgehead atoms. The second kappa shape index (κ2) is 4.72. The lowest BCUT2D eigenvalue weighted by molar-refractivity contribution is -0.0795. The van der Waals surface area contributed by atoms with E-state index in [1.165, 1.54) is 0 Å². The van der Waals surface area contributed by atoms with E-state index >= 15 is 0 Å². The zero-order chi connectivity index (χ0) is 13.3. The van der Waals surface area contributed by atoms with E-state index in [4.69, 9.17) is 9.47 Å². The molecule has 0 radical (unpaired) electrons. The van der Waals surface area contributed by atoms with Gasteiger partial charge in [-0.15, -0.1) is 0 Å². The van der Waals surface area contributed by atoms with Crippen molar-refractivity contribution in [3.8, 4) is 5.88 Å². The first-order valence-electron chi connectivity index (χ1n) is 6.16. The van der Waals surface area contributed by atoms with Crippen LogP contribution in [-0.4, -0.2) is 36.3 Å². The maximum Gasteiger partial charge on any atom is 0.218 e. The molecule has 1 N–H and O–H groups in total. The Hall–Kier alpha value is -1.36. The van der Waals surface area contributed by atoms with Crippen LogP contribution in [0.2, 0.25) is 0 Å². The predicted octanol–water partition coefficient (Wildman–Crippen LogP) is 2.02. The minimum Gasteiger partial charge on any atom is -0.481 e. The highest BCUT2D eigenvalue weighted by molar-refractivity contribution is 5.41. The number of aromatic nitrogens is 2. The fourth-order valence-corrected chi connectivity index (χ4v) is 2.43. The molecular formula is C13H21N3O2. The molecule has 1 aromatic heterocycles. The number of hydrogen-bond donors (Lipinski definition) is 1. The summed E-state index contributed by atoms with van der Waals surface area (Å²) in [4.78, 5) is 8.55. The molecule has 1 aliphatic rings. The van der Waals surface area contributed by atoms with Gasteiger partial charge in [0.25, 0.3) is 0 Å². The van der Waals surface area contributed by atoms with Gasteiger partial charge in [0.1, 0.15) is 11.6 Å². The maximum absolute atomic E-state index is 5.44. The highest BCUT2D eigenvalue weighted by Crippen LogP contribution is 2.43. The first-order valence-corrected chi connectivity index (χ1v) is 6.16. The summed E-state index contributed by atoms with van der Waals surface area (Å²) < 4.78 is 10.6. The van der Waals surface area contributed by atoms with Crippen LogP contribution >= 0.6 is 0 Å². The van der Waals surface area contributed by atoms with E-state index in [1.807, 2.05) is 13.0 Å². The minimum atomic E-state index is 0.112. The summed E-state index contributed by atoms with van der Waals surface area (Å²) in [5, 5.41) is 3.44. The summed E-state index contributed by atoms with van der Waals surface area (Å²) in [5.74, 6) is 2.11. The third-order valence-corrected chi connectivity index (χ3v) is 3.81. The average Bonchev–Trinajstić information content (AvgIpc) is 2.33. The summed E-state index contributed by atoms with van der Waals surface area (Å²) >= 11 is 0. The predicted molar refractivity (Wildman–Crippen MR) is 69.9 cm³/mol. The molecule has 0 spiro atoms. The smallest absolute Gasteiger partial charge is 0.218 e. The highest BCUT2D eigenvalue weighted by atomic mass is 16.5. The molecule has 0 amide bonds. The minimum absolute atomic E-state index is 0.112. The Bertz CT molecular complexity index is 434. The molecule has 2 unspecified atom stereocenters. The lowest BCUT2D eigenvalue weighted by Gasteiger charge is -2.51. The van der Waals surface area contributed by atoms with Gasteiger partial charge in [-0.25, -0.2) is 4.98 Å². The number of methoxy groups -OCH3 is 2. The quantitative estimate of drug-likeness (QED) is 0.887. The van der Waals surface area contributed by atoms with Crippen LogP contribution in [0.15, 0.2) is 6.07 Å². The van der Waals surface area contributed by atoms with Crippen LogP contribution < -0.4 is 10.1 Å². The number of nitrogens with zero attached hydrogens (tertiary/aromatic N) is 2. The van der Waals surface area contributed by atoms with Crippen LogP contribution in [0.1, 0.15) is 26.1 Å². The SMILES string of the molecule is COc1cc(NC2CC(OC)C2(C)C)nc(C)n1. The number of rotatable bonds is 4. The van der Waals surface area contributed by atoms with E-state index in [2.05, 4.69) is 29.1 Å². The molecule has 2 atom stereocenters. The Morgan fingerprint density at radius 1 is 1.33 bits per heavy atom. The van der Waals surface area contributed by atoms with E-state index in [1.54, 1.807) is 14.2 Å². The van der Waals surface area contributed by atoms with Gasteiger partial charge in [0.05, 0.1) is 13.2 Å². The van der Waals surface area contributed by atoms with E-state index in [0.717, 1.165) is 12.2 Å². The van der Waals surface area contributed by atoms with Gasteiger partial charge < -0.3 is 14.8 Å². The number of hydrogen-bond acceptors (Lipinski definition) is 5. The van der Waals surface area contributed by atoms with Crippen LogP contribution in [0.5, 0.6) is 5.88 Å². The average molecular weight is 251 g/mol. The van der Waals surface area contributed by atoms with Gasteiger partial charge in [-0.1, -0.05) is 13.8 Å². The second-order valence-corrected chi connectivity index (χ2v) is 5.32. The summed E-state index contributed by atoms with van der Waals surface area (Å²) in [5.41, 5.74) is 0.112. The first kappa shape index (κ1) is 13.1. The Labute approximate surface area is 108 Å². The molecule has 1 fully saturated rings. The third-order valence-electron chi connectivity index (χ3n) is 3.81. The molecule has 1 heterocycles. The Balaban J connectivity index is 2.09. The van der Waals surface area contributed by atoms with Gasteiger partial charge >= 0.3 is 0 Å². The molecule has 1 saturated carbocycles. The van der Waals surface area contributed by atoms with Gasteiger partial charge in [-0.2, -0.15) is 4.98 Å². The standard InChI is InChI=1S/C13H21N3O2/c1-8-14-11(7-12(15-8)18-5)16-9-6-10(17-4)13(9,2)3/h7,9-10H,6H2,1-5H3,(H,14,15,16). The summed E-state index contributed by atoms with van der Waals surface area (Å²) in [6.07, 6.45) is 1.30. The lowest BCUT2D eigenvalue weighted by atomic mass is 9.64. The normalized spacial score (nSPS) is 25.4. The lowest BCUT2D eigenvalue weighted by Crippen LogP contribution is -2.57. The Morgan fingerprint density at radius 3 is 2.61 bits per heavy atom. The third kappa shape index (κ3) is 2.27. The van der Waals surface area contributed by atoms with Crippen molar-refractivity contribution in [1.82, 2.24) is 9.97 Å². The number of anilines is 1. The van der Waals surface area contributed by atoms with Crippen molar-refractivity contribution in [3.05, 3.63) is 11.9 Å². The molecule has 0 aromatic carbocycles. The number of aryl methyl sites for hydroxylation is 1. The van der Waals surface area contributed by atoms with Crippen molar-refractivity contribution in [2.45, 2.75) is 39.3 Å². The van der Waals surface area contributed by atoms with Crippen LogP contribution in [0.4, 0.5) is 5.82 Å². The summed E-state index contributed by atoms with van der Waals surface area (Å²) in [6, 6.07) is 2.19. The van der Waals surface area contributed by atoms with Crippen molar-refractivity contribution in [2.75, 3.05) is 19.5 Å². The van der Waals surface area contributed by atoms with Crippen molar-refractivity contribution in [2.24, 2.45) is 5.41 Å². The van der Waals surface area contributed by atoms with Gasteiger partial charge in [-0.05, 0) is 13.3 Å². The molecule has 18 heavy (non-hydrogen) atoms. The maximum atomic E-state index is 5.44. The monoisotopic (exact) mass is 251 g/mol. The van der Waals surface area contributed by atoms with E-state index in [9.17, 15) is 0 Å². The molecule has 1 aromatic rings. The van der Waals surface area contributed by atoms with E-state index < -0.39 is 0 Å². The van der Waals surface area contributed by atoms with Crippen LogP contribution in [0.3, 0.4) is 0 Å². The molecule has 100 valence electrons. The van der Waals surface area contributed by atoms with Crippen molar-refractivity contribution in [1.29, 1.82) is 0 Å². The topological polar surface area (TPSA) is 56.3 Å². The zero-order valence-corrected chi connectivity index (χ0v) is 11.7. The van der Waals surface area contributed by atoms with Crippen molar-refractivity contribution in [3.63, 3.8) is 0 Å². The summed E-state index contributed by atoms with van der Waals surface area (Å²) in [7, 11) is 3.38. The van der Waals surface area contributed by atoms with Gasteiger partial charge in [0, 0.05) is 24.6 Å².